The van der Waals surface area contributed by atoms with Crippen molar-refractivity contribution in [1.29, 1.82) is 0 Å². The second-order valence-corrected chi connectivity index (χ2v) is 4.44. The van der Waals surface area contributed by atoms with E-state index in [1.165, 1.54) is 10.8 Å². The van der Waals surface area contributed by atoms with Crippen molar-refractivity contribution in [3.8, 4) is 5.69 Å². The molecule has 0 aliphatic heterocycles. The summed E-state index contributed by atoms with van der Waals surface area (Å²) >= 11 is 3.42. The minimum absolute atomic E-state index is 0.783. The van der Waals surface area contributed by atoms with Crippen LogP contribution >= 0.6 is 15.9 Å². The smallest absolute Gasteiger partial charge is 0.0734 e. The van der Waals surface area contributed by atoms with Crippen LogP contribution in [-0.2, 0) is 5.33 Å². The Morgan fingerprint density at radius 1 is 1.00 bits per heavy atom. The van der Waals surface area contributed by atoms with Crippen LogP contribution in [0.25, 0.3) is 16.5 Å². The summed E-state index contributed by atoms with van der Waals surface area (Å²) in [6.07, 6.45) is 2.00. The molecule has 1 aromatic heterocycles. The van der Waals surface area contributed by atoms with E-state index in [2.05, 4.69) is 63.5 Å². The van der Waals surface area contributed by atoms with Crippen molar-refractivity contribution in [2.24, 2.45) is 0 Å². The molecule has 2 aromatic carbocycles. The molecule has 0 spiro atoms. The number of aromatic nitrogens is 2. The molecule has 3 heteroatoms. The lowest BCUT2D eigenvalue weighted by Gasteiger charge is -2.06. The molecule has 17 heavy (non-hydrogen) atoms. The van der Waals surface area contributed by atoms with Crippen molar-refractivity contribution in [3.63, 3.8) is 0 Å². The molecular formula is C14H11BrN2. The van der Waals surface area contributed by atoms with Crippen LogP contribution < -0.4 is 0 Å². The molecule has 0 saturated carbocycles. The monoisotopic (exact) mass is 286 g/mol. The second-order valence-electron chi connectivity index (χ2n) is 3.88. The molecule has 0 unspecified atom stereocenters. The first-order chi connectivity index (χ1) is 8.38. The minimum Gasteiger partial charge on any atom is -0.240 e. The number of hydrogen-bond acceptors (Lipinski definition) is 1. The molecule has 84 valence electrons. The molecule has 0 bridgehead atoms. The van der Waals surface area contributed by atoms with Crippen molar-refractivity contribution >= 4 is 26.7 Å². The van der Waals surface area contributed by atoms with Crippen LogP contribution in [0.1, 0.15) is 5.69 Å². The number of halogens is 1. The van der Waals surface area contributed by atoms with Crippen LogP contribution in [0.15, 0.2) is 54.7 Å². The zero-order chi connectivity index (χ0) is 11.7. The van der Waals surface area contributed by atoms with Crippen LogP contribution in [0, 0.1) is 0 Å². The van der Waals surface area contributed by atoms with Gasteiger partial charge in [-0.05, 0) is 17.5 Å². The topological polar surface area (TPSA) is 17.8 Å². The molecule has 0 N–H and O–H groups in total. The van der Waals surface area contributed by atoms with Gasteiger partial charge < -0.3 is 0 Å². The van der Waals surface area contributed by atoms with Gasteiger partial charge in [0.1, 0.15) is 0 Å². The highest BCUT2D eigenvalue weighted by atomic mass is 79.9. The van der Waals surface area contributed by atoms with Gasteiger partial charge in [-0.15, -0.1) is 0 Å². The summed E-state index contributed by atoms with van der Waals surface area (Å²) in [5.41, 5.74) is 2.16. The van der Waals surface area contributed by atoms with Crippen LogP contribution in [-0.4, -0.2) is 9.78 Å². The highest BCUT2D eigenvalue weighted by Crippen LogP contribution is 2.21. The summed E-state index contributed by atoms with van der Waals surface area (Å²) in [7, 11) is 0. The van der Waals surface area contributed by atoms with Crippen molar-refractivity contribution in [2.75, 3.05) is 0 Å². The number of benzene rings is 2. The summed E-state index contributed by atoms with van der Waals surface area (Å²) in [6.45, 7) is 0. The van der Waals surface area contributed by atoms with Crippen molar-refractivity contribution in [2.45, 2.75) is 5.33 Å². The highest BCUT2D eigenvalue weighted by Gasteiger charge is 2.04. The van der Waals surface area contributed by atoms with Crippen molar-refractivity contribution in [1.82, 2.24) is 9.78 Å². The Morgan fingerprint density at radius 2 is 1.82 bits per heavy atom. The maximum atomic E-state index is 4.52. The van der Waals surface area contributed by atoms with Gasteiger partial charge in [0.25, 0.3) is 0 Å². The SMILES string of the molecule is BrCc1ccn(-c2cccc3ccccc23)n1. The third-order valence-electron chi connectivity index (χ3n) is 2.79. The Bertz CT molecular complexity index is 653. The van der Waals surface area contributed by atoms with E-state index in [1.807, 2.05) is 16.9 Å². The average molecular weight is 287 g/mol. The Kier molecular flexibility index (Phi) is 2.69. The van der Waals surface area contributed by atoms with Gasteiger partial charge in [0.2, 0.25) is 0 Å². The lowest BCUT2D eigenvalue weighted by Crippen LogP contribution is -1.96. The van der Waals surface area contributed by atoms with E-state index < -0.39 is 0 Å². The molecule has 0 aliphatic rings. The molecule has 3 rings (SSSR count). The largest absolute Gasteiger partial charge is 0.240 e. The standard InChI is InChI=1S/C14H11BrN2/c15-10-12-8-9-17(16-12)14-7-3-5-11-4-1-2-6-13(11)14/h1-9H,10H2. The molecule has 0 aliphatic carbocycles. The Labute approximate surface area is 108 Å². The van der Waals surface area contributed by atoms with Gasteiger partial charge in [0.05, 0.1) is 11.4 Å². The first kappa shape index (κ1) is 10.5. The predicted octanol–water partition coefficient (Wildman–Crippen LogP) is 3.92. The van der Waals surface area contributed by atoms with Crippen LogP contribution in [0.4, 0.5) is 0 Å². The molecule has 0 amide bonds. The quantitative estimate of drug-likeness (QED) is 0.653. The zero-order valence-electron chi connectivity index (χ0n) is 9.18. The molecule has 1 heterocycles. The molecule has 0 radical (unpaired) electrons. The molecule has 3 aromatic rings. The van der Waals surface area contributed by atoms with E-state index in [0.717, 1.165) is 16.7 Å². The summed E-state index contributed by atoms with van der Waals surface area (Å²) in [5.74, 6) is 0. The summed E-state index contributed by atoms with van der Waals surface area (Å²) < 4.78 is 1.93. The highest BCUT2D eigenvalue weighted by molar-refractivity contribution is 9.08. The summed E-state index contributed by atoms with van der Waals surface area (Å²) in [4.78, 5) is 0. The molecule has 0 fully saturated rings. The normalized spacial score (nSPS) is 10.9. The van der Waals surface area contributed by atoms with Gasteiger partial charge in [-0.1, -0.05) is 52.3 Å². The first-order valence-electron chi connectivity index (χ1n) is 5.47. The number of nitrogens with zero attached hydrogens (tertiary/aromatic N) is 2. The lowest BCUT2D eigenvalue weighted by atomic mass is 10.1. The number of alkyl halides is 1. The summed E-state index contributed by atoms with van der Waals surface area (Å²) in [5, 5.41) is 7.76. The van der Waals surface area contributed by atoms with Crippen LogP contribution in [0.2, 0.25) is 0 Å². The molecular weight excluding hydrogens is 276 g/mol. The maximum absolute atomic E-state index is 4.52. The van der Waals surface area contributed by atoms with Crippen molar-refractivity contribution in [3.05, 3.63) is 60.4 Å². The predicted molar refractivity (Wildman–Crippen MR) is 73.7 cm³/mol. The minimum atomic E-state index is 0.783. The van der Waals surface area contributed by atoms with Gasteiger partial charge >= 0.3 is 0 Å². The average Bonchev–Trinajstić information content (AvgIpc) is 2.87. The number of fused-ring (bicyclic) bond motifs is 1. The Balaban J connectivity index is 2.23. The fourth-order valence-electron chi connectivity index (χ4n) is 1.98. The third kappa shape index (κ3) is 1.87. The lowest BCUT2D eigenvalue weighted by molar-refractivity contribution is 0.867. The zero-order valence-corrected chi connectivity index (χ0v) is 10.8. The van der Waals surface area contributed by atoms with E-state index in [9.17, 15) is 0 Å². The molecule has 0 saturated heterocycles. The van der Waals surface area contributed by atoms with Crippen LogP contribution in [0.3, 0.4) is 0 Å². The molecule has 2 nitrogen and oxygen atoms in total. The van der Waals surface area contributed by atoms with E-state index in [0.29, 0.717) is 0 Å². The van der Waals surface area contributed by atoms with E-state index in [1.54, 1.807) is 0 Å². The van der Waals surface area contributed by atoms with Gasteiger partial charge in [0.15, 0.2) is 0 Å². The van der Waals surface area contributed by atoms with E-state index in [4.69, 9.17) is 0 Å². The number of rotatable bonds is 2. The Hall–Kier alpha value is -1.61. The molecule has 0 atom stereocenters. The summed E-state index contributed by atoms with van der Waals surface area (Å²) in [6, 6.07) is 16.7. The second kappa shape index (κ2) is 4.34. The fraction of sp³-hybridized carbons (Fsp3) is 0.0714. The van der Waals surface area contributed by atoms with Crippen molar-refractivity contribution < 1.29 is 0 Å². The third-order valence-corrected chi connectivity index (χ3v) is 3.37. The van der Waals surface area contributed by atoms with Gasteiger partial charge in [0, 0.05) is 16.9 Å². The van der Waals surface area contributed by atoms with Gasteiger partial charge in [-0.25, -0.2) is 4.68 Å². The fourth-order valence-corrected chi connectivity index (χ4v) is 2.27. The van der Waals surface area contributed by atoms with E-state index >= 15 is 0 Å². The first-order valence-corrected chi connectivity index (χ1v) is 6.59. The Morgan fingerprint density at radius 3 is 2.65 bits per heavy atom. The van der Waals surface area contributed by atoms with Crippen LogP contribution in [0.5, 0.6) is 0 Å². The number of hydrogen-bond donors (Lipinski definition) is 0. The van der Waals surface area contributed by atoms with Gasteiger partial charge in [-0.3, -0.25) is 0 Å². The maximum Gasteiger partial charge on any atom is 0.0734 e. The van der Waals surface area contributed by atoms with E-state index in [-0.39, 0.29) is 0 Å². The van der Waals surface area contributed by atoms with Gasteiger partial charge in [-0.2, -0.15) is 5.10 Å².